The summed E-state index contributed by atoms with van der Waals surface area (Å²) in [7, 11) is -3.71. The number of nitrogens with one attached hydrogen (secondary N) is 1. The van der Waals surface area contributed by atoms with Crippen LogP contribution in [0.1, 0.15) is 10.4 Å². The fourth-order valence-electron chi connectivity index (χ4n) is 1.36. The van der Waals surface area contributed by atoms with Crippen LogP contribution < -0.4 is 5.32 Å². The standard InChI is InChI=1S/C10H8F4N4O3S/c1-22(20,21)3-2-16-10(19)4-5(11)7(13)9(17-18-15)8(14)6(4)12/h1-3H2,(H,16,19)(H,20,21)/p-1. The van der Waals surface area contributed by atoms with Crippen LogP contribution in [0.25, 0.3) is 10.4 Å². The van der Waals surface area contributed by atoms with Gasteiger partial charge in [-0.2, -0.15) is 0 Å². The minimum absolute atomic E-state index is 0.578. The van der Waals surface area contributed by atoms with Gasteiger partial charge in [-0.1, -0.05) is 20.8 Å². The van der Waals surface area contributed by atoms with E-state index in [2.05, 4.69) is 11.0 Å². The van der Waals surface area contributed by atoms with Crippen molar-refractivity contribution < 1.29 is 31.1 Å². The van der Waals surface area contributed by atoms with Crippen LogP contribution in [0.5, 0.6) is 0 Å². The second-order valence-corrected chi connectivity index (χ2v) is 5.77. The maximum Gasteiger partial charge on any atom is 0.257 e. The Balaban J connectivity index is 3.20. The molecule has 0 spiro atoms. The van der Waals surface area contributed by atoms with E-state index in [0.717, 1.165) is 0 Å². The minimum atomic E-state index is -3.71. The Morgan fingerprint density at radius 1 is 1.27 bits per heavy atom. The van der Waals surface area contributed by atoms with E-state index in [1.807, 2.05) is 4.91 Å². The van der Waals surface area contributed by atoms with E-state index in [1.165, 1.54) is 0 Å². The molecule has 0 aliphatic heterocycles. The highest BCUT2D eigenvalue weighted by atomic mass is 32.2. The average Bonchev–Trinajstić information content (AvgIpc) is 2.40. The van der Waals surface area contributed by atoms with Gasteiger partial charge in [0.15, 0.2) is 23.3 Å². The van der Waals surface area contributed by atoms with Crippen molar-refractivity contribution in [3.63, 3.8) is 0 Å². The zero-order valence-electron chi connectivity index (χ0n) is 10.6. The largest absolute Gasteiger partial charge is 0.778 e. The number of amides is 1. The third-order valence-corrected chi connectivity index (χ3v) is 3.14. The SMILES string of the molecule is C=S(=O)([O-])CCNC(=O)c1c(F)c(F)c(N=[N+]=[N-])c(F)c1F. The van der Waals surface area contributed by atoms with Crippen molar-refractivity contribution in [2.75, 3.05) is 12.3 Å². The van der Waals surface area contributed by atoms with Crippen LogP contribution in [0, 0.1) is 23.3 Å². The Morgan fingerprint density at radius 2 is 1.77 bits per heavy atom. The molecule has 7 nitrogen and oxygen atoms in total. The number of carbonyl (C=O) groups excluding carboxylic acids is 1. The Hall–Kier alpha value is -2.30. The summed E-state index contributed by atoms with van der Waals surface area (Å²) in [6.07, 6.45) is 0. The zero-order chi connectivity index (χ0) is 17.1. The van der Waals surface area contributed by atoms with Crippen molar-refractivity contribution in [1.82, 2.24) is 5.32 Å². The molecular weight excluding hydrogens is 332 g/mol. The molecule has 1 aromatic carbocycles. The predicted molar refractivity (Wildman–Crippen MR) is 68.3 cm³/mol. The van der Waals surface area contributed by atoms with Gasteiger partial charge in [0, 0.05) is 17.2 Å². The first-order valence-corrected chi connectivity index (χ1v) is 7.17. The summed E-state index contributed by atoms with van der Waals surface area (Å²) >= 11 is 0. The minimum Gasteiger partial charge on any atom is -0.778 e. The Kier molecular flexibility index (Phi) is 5.36. The number of benzene rings is 1. The highest BCUT2D eigenvalue weighted by molar-refractivity contribution is 7.95. The summed E-state index contributed by atoms with van der Waals surface area (Å²) in [6.45, 7) is -0.578. The van der Waals surface area contributed by atoms with Crippen molar-refractivity contribution in [2.24, 2.45) is 5.11 Å². The fourth-order valence-corrected chi connectivity index (χ4v) is 1.77. The molecule has 0 fully saturated rings. The maximum atomic E-state index is 13.6. The lowest BCUT2D eigenvalue weighted by atomic mass is 10.1. The van der Waals surface area contributed by atoms with Gasteiger partial charge in [0.05, 0.1) is 0 Å². The predicted octanol–water partition coefficient (Wildman–Crippen LogP) is 1.76. The molecule has 0 heterocycles. The van der Waals surface area contributed by atoms with E-state index in [4.69, 9.17) is 5.53 Å². The molecule has 0 aliphatic rings. The van der Waals surface area contributed by atoms with Gasteiger partial charge in [0.25, 0.3) is 5.91 Å². The number of azide groups is 1. The lowest BCUT2D eigenvalue weighted by molar-refractivity contribution is 0.0945. The Bertz CT molecular complexity index is 746. The van der Waals surface area contributed by atoms with E-state index >= 15 is 0 Å². The summed E-state index contributed by atoms with van der Waals surface area (Å²) in [5.74, 6) is -7.73. The topological polar surface area (TPSA) is 118 Å². The number of halogens is 4. The molecule has 0 radical (unpaired) electrons. The zero-order valence-corrected chi connectivity index (χ0v) is 11.4. The van der Waals surface area contributed by atoms with Crippen LogP contribution in [-0.2, 0) is 9.80 Å². The van der Waals surface area contributed by atoms with Crippen LogP contribution in [0.2, 0.25) is 0 Å². The fraction of sp³-hybridized carbons (Fsp3) is 0.200. The molecule has 0 aromatic heterocycles. The van der Waals surface area contributed by atoms with E-state index in [9.17, 15) is 31.1 Å². The quantitative estimate of drug-likeness (QED) is 0.220. The van der Waals surface area contributed by atoms with Gasteiger partial charge in [-0.05, 0) is 5.53 Å². The molecule has 1 unspecified atom stereocenters. The summed E-state index contributed by atoms with van der Waals surface area (Å²) in [5, 5.41) is 4.22. The molecule has 0 saturated carbocycles. The summed E-state index contributed by atoms with van der Waals surface area (Å²) in [5.41, 5.74) is 4.90. The van der Waals surface area contributed by atoms with Crippen LogP contribution in [0.15, 0.2) is 5.11 Å². The molecule has 0 aliphatic carbocycles. The van der Waals surface area contributed by atoms with Crippen LogP contribution in [-0.4, -0.2) is 32.8 Å². The first-order valence-electron chi connectivity index (χ1n) is 5.35. The van der Waals surface area contributed by atoms with Crippen LogP contribution in [0.4, 0.5) is 23.2 Å². The summed E-state index contributed by atoms with van der Waals surface area (Å²) in [4.78, 5) is 13.5. The van der Waals surface area contributed by atoms with Gasteiger partial charge >= 0.3 is 0 Å². The molecule has 12 heteroatoms. The third kappa shape index (κ3) is 3.87. The van der Waals surface area contributed by atoms with Crippen molar-refractivity contribution in [2.45, 2.75) is 0 Å². The Labute approximate surface area is 121 Å². The monoisotopic (exact) mass is 339 g/mol. The van der Waals surface area contributed by atoms with Gasteiger partial charge in [0.2, 0.25) is 0 Å². The van der Waals surface area contributed by atoms with E-state index in [0.29, 0.717) is 0 Å². The maximum absolute atomic E-state index is 13.6. The smallest absolute Gasteiger partial charge is 0.257 e. The first-order chi connectivity index (χ1) is 10.1. The van der Waals surface area contributed by atoms with E-state index in [-0.39, 0.29) is 0 Å². The molecule has 1 rings (SSSR count). The molecule has 22 heavy (non-hydrogen) atoms. The number of nitrogens with zero attached hydrogens (tertiary/aromatic N) is 3. The summed E-state index contributed by atoms with van der Waals surface area (Å²) < 4.78 is 75.5. The molecule has 0 saturated heterocycles. The first kappa shape index (κ1) is 17.8. The Morgan fingerprint density at radius 3 is 2.18 bits per heavy atom. The van der Waals surface area contributed by atoms with Gasteiger partial charge in [-0.3, -0.25) is 9.00 Å². The number of carbonyl (C=O) groups is 1. The highest BCUT2D eigenvalue weighted by Crippen LogP contribution is 2.30. The molecule has 1 N–H and O–H groups in total. The van der Waals surface area contributed by atoms with Gasteiger partial charge in [0.1, 0.15) is 11.3 Å². The van der Waals surface area contributed by atoms with Gasteiger partial charge in [-0.25, -0.2) is 17.6 Å². The third-order valence-electron chi connectivity index (χ3n) is 2.31. The number of rotatable bonds is 5. The lowest BCUT2D eigenvalue weighted by Gasteiger charge is -2.14. The molecular formula is C10H7F4N4O3S-. The second kappa shape index (κ2) is 6.64. The molecule has 0 bridgehead atoms. The molecule has 1 aromatic rings. The van der Waals surface area contributed by atoms with Crippen molar-refractivity contribution >= 4 is 27.3 Å². The van der Waals surface area contributed by atoms with E-state index < -0.39 is 62.5 Å². The normalized spacial score (nSPS) is 13.1. The molecule has 120 valence electrons. The lowest BCUT2D eigenvalue weighted by Crippen LogP contribution is -2.31. The number of hydrogen-bond acceptors (Lipinski definition) is 4. The average molecular weight is 339 g/mol. The van der Waals surface area contributed by atoms with Crippen molar-refractivity contribution in [1.29, 1.82) is 0 Å². The number of hydrogen-bond donors (Lipinski definition) is 1. The summed E-state index contributed by atoms with van der Waals surface area (Å²) in [6, 6.07) is 0. The van der Waals surface area contributed by atoms with Crippen LogP contribution >= 0.6 is 0 Å². The van der Waals surface area contributed by atoms with Gasteiger partial charge < -0.3 is 9.87 Å². The van der Waals surface area contributed by atoms with Gasteiger partial charge in [-0.15, -0.1) is 0 Å². The second-order valence-electron chi connectivity index (χ2n) is 3.87. The molecule has 1 amide bonds. The molecule has 1 atom stereocenters. The van der Waals surface area contributed by atoms with Crippen molar-refractivity contribution in [3.05, 3.63) is 39.3 Å². The highest BCUT2D eigenvalue weighted by Gasteiger charge is 2.28. The van der Waals surface area contributed by atoms with Crippen molar-refractivity contribution in [3.8, 4) is 0 Å². The van der Waals surface area contributed by atoms with E-state index in [1.54, 1.807) is 5.32 Å². The van der Waals surface area contributed by atoms with Crippen LogP contribution in [0.3, 0.4) is 0 Å².